The van der Waals surface area contributed by atoms with Gasteiger partial charge in [-0.05, 0) is 37.0 Å². The molecule has 0 bridgehead atoms. The third kappa shape index (κ3) is 5.98. The maximum atomic E-state index is 11.7. The predicted octanol–water partition coefficient (Wildman–Crippen LogP) is -1.55. The molecule has 30 heavy (non-hydrogen) atoms. The van der Waals surface area contributed by atoms with Gasteiger partial charge in [0.15, 0.2) is 5.96 Å². The monoisotopic (exact) mass is 448 g/mol. The molecular formula is C19H36N4O6S. The average molecular weight is 449 g/mol. The largest absolute Gasteiger partial charge is 0.480 e. The van der Waals surface area contributed by atoms with Gasteiger partial charge in [-0.15, -0.1) is 11.8 Å². The summed E-state index contributed by atoms with van der Waals surface area (Å²) in [6.07, 6.45) is -1.38. The van der Waals surface area contributed by atoms with Crippen LogP contribution in [0.15, 0.2) is 4.99 Å². The molecule has 1 heterocycles. The van der Waals surface area contributed by atoms with Crippen LogP contribution in [-0.2, 0) is 4.79 Å². The molecule has 0 spiro atoms. The molecule has 0 radical (unpaired) electrons. The number of hydrogen-bond donors (Lipinski definition) is 8. The third-order valence-corrected chi connectivity index (χ3v) is 8.02. The lowest BCUT2D eigenvalue weighted by Crippen LogP contribution is -2.56. The summed E-state index contributed by atoms with van der Waals surface area (Å²) >= 11 is 1.31. The Morgan fingerprint density at radius 2 is 1.90 bits per heavy atom. The molecule has 1 aliphatic carbocycles. The first-order valence-electron chi connectivity index (χ1n) is 10.3. The minimum absolute atomic E-state index is 0.0211. The molecule has 0 aromatic carbocycles. The summed E-state index contributed by atoms with van der Waals surface area (Å²) in [5, 5.41) is 52.3. The van der Waals surface area contributed by atoms with Gasteiger partial charge in [-0.3, -0.25) is 9.79 Å². The first-order valence-corrected chi connectivity index (χ1v) is 11.3. The van der Waals surface area contributed by atoms with Gasteiger partial charge in [0, 0.05) is 17.8 Å². The van der Waals surface area contributed by atoms with Crippen molar-refractivity contribution in [2.24, 2.45) is 27.8 Å². The molecule has 10 nitrogen and oxygen atoms in total. The molecule has 2 aliphatic rings. The lowest BCUT2D eigenvalue weighted by molar-refractivity contribution is -0.139. The van der Waals surface area contributed by atoms with Gasteiger partial charge in [-0.1, -0.05) is 13.8 Å². The van der Waals surface area contributed by atoms with E-state index in [4.69, 9.17) is 11.5 Å². The number of rotatable bonds is 9. The van der Waals surface area contributed by atoms with Crippen molar-refractivity contribution in [1.82, 2.24) is 5.32 Å². The highest BCUT2D eigenvalue weighted by molar-refractivity contribution is 8.00. The van der Waals surface area contributed by atoms with Crippen LogP contribution < -0.4 is 16.8 Å². The fraction of sp³-hybridized carbons (Fsp3) is 0.895. The number of hydrogen-bond acceptors (Lipinski definition) is 8. The van der Waals surface area contributed by atoms with E-state index in [1.165, 1.54) is 11.8 Å². The minimum Gasteiger partial charge on any atom is -0.480 e. The van der Waals surface area contributed by atoms with Crippen molar-refractivity contribution in [3.05, 3.63) is 0 Å². The van der Waals surface area contributed by atoms with Crippen LogP contribution in [0.1, 0.15) is 39.5 Å². The highest BCUT2D eigenvalue weighted by Crippen LogP contribution is 2.51. The van der Waals surface area contributed by atoms with E-state index >= 15 is 0 Å². The Morgan fingerprint density at radius 3 is 2.47 bits per heavy atom. The highest BCUT2D eigenvalue weighted by Gasteiger charge is 2.52. The van der Waals surface area contributed by atoms with Crippen LogP contribution in [0.5, 0.6) is 0 Å². The van der Waals surface area contributed by atoms with E-state index in [1.54, 1.807) is 0 Å². The number of nitrogens with one attached hydrogen (secondary N) is 1. The zero-order valence-electron chi connectivity index (χ0n) is 17.5. The fourth-order valence-electron chi connectivity index (χ4n) is 4.73. The second kappa shape index (κ2) is 10.5. The maximum Gasteiger partial charge on any atom is 0.320 e. The Hall–Kier alpha value is -1.11. The third-order valence-electron chi connectivity index (χ3n) is 6.32. The molecule has 2 unspecified atom stereocenters. The number of nitrogens with zero attached hydrogens (tertiary/aromatic N) is 1. The maximum absolute atomic E-state index is 11.7. The summed E-state index contributed by atoms with van der Waals surface area (Å²) in [5.74, 6) is -0.985. The summed E-state index contributed by atoms with van der Waals surface area (Å²) in [6, 6.07) is -0.807. The van der Waals surface area contributed by atoms with Crippen LogP contribution >= 0.6 is 11.8 Å². The highest BCUT2D eigenvalue weighted by atomic mass is 32.2. The Balaban J connectivity index is 2.04. The quantitative estimate of drug-likeness (QED) is 0.116. The number of nitrogens with two attached hydrogens (primary N) is 2. The number of aliphatic hydroxyl groups excluding tert-OH is 4. The Morgan fingerprint density at radius 1 is 1.23 bits per heavy atom. The van der Waals surface area contributed by atoms with Crippen LogP contribution in [0, 0.1) is 11.3 Å². The van der Waals surface area contributed by atoms with Crippen molar-refractivity contribution >= 4 is 23.7 Å². The van der Waals surface area contributed by atoms with Crippen LogP contribution in [0.4, 0.5) is 0 Å². The molecule has 0 aromatic rings. The summed E-state index contributed by atoms with van der Waals surface area (Å²) < 4.78 is 0. The summed E-state index contributed by atoms with van der Waals surface area (Å²) in [6.45, 7) is 4.19. The molecule has 0 amide bonds. The molecule has 0 aromatic heterocycles. The van der Waals surface area contributed by atoms with Crippen LogP contribution in [0.2, 0.25) is 0 Å². The molecular weight excluding hydrogens is 412 g/mol. The molecule has 8 atom stereocenters. The minimum atomic E-state index is -1.32. The SMILES string of the molecule is CC1(C)CC(N[C@@H](CCCN=C(N)N)C(=O)O)CC1[C@@H]1S[C@H](CO)[C@H](O)[C@H](O)[C@H]1O. The zero-order chi connectivity index (χ0) is 22.6. The van der Waals surface area contributed by atoms with Gasteiger partial charge in [0.2, 0.25) is 0 Å². The second-order valence-corrected chi connectivity index (χ2v) is 10.5. The standard InChI is InChI=1S/C19H36N4O6S/c1-19(2)7-9(23-11(17(28)29)4-3-5-22-18(20)21)6-10(19)16-15(27)14(26)13(25)12(8-24)30-16/h9-16,23-27H,3-8H2,1-2H3,(H,28,29)(H4,20,21,22)/t9?,10?,11-,12+,13-,14-,15+,16-/m0/s1. The van der Waals surface area contributed by atoms with E-state index in [0.29, 0.717) is 32.2 Å². The van der Waals surface area contributed by atoms with Crippen LogP contribution in [-0.4, -0.2) is 91.5 Å². The van der Waals surface area contributed by atoms with E-state index in [1.807, 2.05) is 0 Å². The molecule has 2 fully saturated rings. The van der Waals surface area contributed by atoms with Crippen molar-refractivity contribution < 1.29 is 30.3 Å². The first kappa shape index (κ1) is 25.2. The number of aliphatic imine (C=N–C) groups is 1. The average Bonchev–Trinajstić information content (AvgIpc) is 2.96. The number of carboxylic acid groups (broad SMARTS) is 1. The second-order valence-electron chi connectivity index (χ2n) is 9.03. The summed E-state index contributed by atoms with van der Waals surface area (Å²) in [7, 11) is 0. The number of carboxylic acids is 1. The van der Waals surface area contributed by atoms with Gasteiger partial charge in [0.1, 0.15) is 12.1 Å². The number of thioether (sulfide) groups is 1. The Kier molecular flexibility index (Phi) is 8.78. The number of aliphatic carboxylic acids is 1. The lowest BCUT2D eigenvalue weighted by Gasteiger charge is -2.45. The van der Waals surface area contributed by atoms with Gasteiger partial charge in [-0.25, -0.2) is 0 Å². The van der Waals surface area contributed by atoms with Crippen molar-refractivity contribution in [3.8, 4) is 0 Å². The summed E-state index contributed by atoms with van der Waals surface area (Å²) in [5.41, 5.74) is 10.4. The van der Waals surface area contributed by atoms with Crippen LogP contribution in [0.3, 0.4) is 0 Å². The molecule has 1 aliphatic heterocycles. The van der Waals surface area contributed by atoms with Gasteiger partial charge >= 0.3 is 5.97 Å². The number of guanidine groups is 1. The molecule has 1 saturated heterocycles. The number of carbonyl (C=O) groups is 1. The zero-order valence-corrected chi connectivity index (χ0v) is 18.3. The van der Waals surface area contributed by atoms with Gasteiger partial charge in [0.05, 0.1) is 24.1 Å². The topological polar surface area (TPSA) is 195 Å². The van der Waals surface area contributed by atoms with Crippen molar-refractivity contribution in [3.63, 3.8) is 0 Å². The molecule has 1 saturated carbocycles. The van der Waals surface area contributed by atoms with E-state index in [0.717, 1.165) is 0 Å². The molecule has 174 valence electrons. The van der Waals surface area contributed by atoms with Crippen molar-refractivity contribution in [2.75, 3.05) is 13.2 Å². The normalized spacial score (nSPS) is 36.9. The van der Waals surface area contributed by atoms with E-state index in [-0.39, 0.29) is 35.2 Å². The van der Waals surface area contributed by atoms with Gasteiger partial charge in [0.25, 0.3) is 0 Å². The first-order chi connectivity index (χ1) is 14.0. The fourth-order valence-corrected chi connectivity index (χ4v) is 6.53. The number of aliphatic hydroxyl groups is 4. The van der Waals surface area contributed by atoms with Gasteiger partial charge in [-0.2, -0.15) is 0 Å². The van der Waals surface area contributed by atoms with Gasteiger partial charge < -0.3 is 42.3 Å². The lowest BCUT2D eigenvalue weighted by atomic mass is 9.77. The van der Waals surface area contributed by atoms with E-state index < -0.39 is 35.6 Å². The van der Waals surface area contributed by atoms with E-state index in [2.05, 4.69) is 24.2 Å². The Labute approximate surface area is 181 Å². The smallest absolute Gasteiger partial charge is 0.320 e. The Bertz CT molecular complexity index is 616. The molecule has 2 rings (SSSR count). The predicted molar refractivity (Wildman–Crippen MR) is 115 cm³/mol. The van der Waals surface area contributed by atoms with Crippen LogP contribution in [0.25, 0.3) is 0 Å². The van der Waals surface area contributed by atoms with Crippen molar-refractivity contribution in [1.29, 1.82) is 0 Å². The summed E-state index contributed by atoms with van der Waals surface area (Å²) in [4.78, 5) is 15.6. The molecule has 10 N–H and O–H groups in total. The van der Waals surface area contributed by atoms with Crippen molar-refractivity contribution in [2.45, 2.75) is 80.4 Å². The molecule has 11 heteroatoms. The van der Waals surface area contributed by atoms with E-state index in [9.17, 15) is 30.3 Å².